The number of thioether (sulfide) groups is 1. The van der Waals surface area contributed by atoms with Gasteiger partial charge in [0.2, 0.25) is 0 Å². The van der Waals surface area contributed by atoms with Gasteiger partial charge in [-0.1, -0.05) is 27.2 Å². The first-order valence-electron chi connectivity index (χ1n) is 3.39. The average molecular weight is 246 g/mol. The first kappa shape index (κ1) is 9.74. The fourth-order valence-electron chi connectivity index (χ4n) is 0.919. The fraction of sp³-hybridized carbons (Fsp3) is 0.250. The zero-order chi connectivity index (χ0) is 8.97. The lowest BCUT2D eigenvalue weighted by Crippen LogP contribution is -1.84. The van der Waals surface area contributed by atoms with E-state index in [1.165, 1.54) is 0 Å². The van der Waals surface area contributed by atoms with Crippen LogP contribution < -0.4 is 0 Å². The molecule has 0 unspecified atom stereocenters. The summed E-state index contributed by atoms with van der Waals surface area (Å²) >= 11 is 4.99. The number of benzene rings is 1. The number of halogens is 1. The lowest BCUT2D eigenvalue weighted by molar-refractivity contribution is 1.01. The van der Waals surface area contributed by atoms with Crippen LogP contribution in [0, 0.1) is 4.91 Å². The van der Waals surface area contributed by atoms with Crippen molar-refractivity contribution in [3.63, 3.8) is 0 Å². The monoisotopic (exact) mass is 245 g/mol. The summed E-state index contributed by atoms with van der Waals surface area (Å²) in [4.78, 5) is 11.2. The molecule has 0 aliphatic carbocycles. The normalized spacial score (nSPS) is 9.83. The Morgan fingerprint density at radius 2 is 2.33 bits per heavy atom. The van der Waals surface area contributed by atoms with Gasteiger partial charge >= 0.3 is 0 Å². The first-order valence-corrected chi connectivity index (χ1v) is 5.41. The van der Waals surface area contributed by atoms with Crippen molar-refractivity contribution in [3.8, 4) is 0 Å². The van der Waals surface area contributed by atoms with E-state index >= 15 is 0 Å². The molecule has 0 aromatic heterocycles. The Bertz CT molecular complexity index is 290. The number of nitroso groups, excluding NO2 is 1. The van der Waals surface area contributed by atoms with Crippen LogP contribution in [0.4, 0.5) is 0 Å². The van der Waals surface area contributed by atoms with Crippen molar-refractivity contribution >= 4 is 27.7 Å². The summed E-state index contributed by atoms with van der Waals surface area (Å²) in [7, 11) is 0. The third kappa shape index (κ3) is 2.32. The van der Waals surface area contributed by atoms with E-state index in [2.05, 4.69) is 21.1 Å². The van der Waals surface area contributed by atoms with E-state index in [1.807, 2.05) is 24.5 Å². The third-order valence-corrected chi connectivity index (χ3v) is 2.80. The van der Waals surface area contributed by atoms with Crippen LogP contribution in [0.3, 0.4) is 0 Å². The summed E-state index contributed by atoms with van der Waals surface area (Å²) in [6, 6.07) is 5.82. The number of nitrogens with zero attached hydrogens (tertiary/aromatic N) is 1. The molecule has 0 saturated carbocycles. The van der Waals surface area contributed by atoms with Crippen LogP contribution in [-0.2, 0) is 6.54 Å². The van der Waals surface area contributed by atoms with Gasteiger partial charge in [-0.15, -0.1) is 11.8 Å². The van der Waals surface area contributed by atoms with Crippen LogP contribution in [0.2, 0.25) is 0 Å². The zero-order valence-corrected chi connectivity index (χ0v) is 8.98. The second kappa shape index (κ2) is 4.62. The highest BCUT2D eigenvalue weighted by atomic mass is 79.9. The second-order valence-electron chi connectivity index (χ2n) is 2.24. The highest BCUT2D eigenvalue weighted by Crippen LogP contribution is 2.24. The molecule has 1 aromatic carbocycles. The Morgan fingerprint density at radius 3 is 2.92 bits per heavy atom. The van der Waals surface area contributed by atoms with Crippen molar-refractivity contribution in [1.29, 1.82) is 0 Å². The predicted octanol–water partition coefficient (Wildman–Crippen LogP) is 3.44. The van der Waals surface area contributed by atoms with Gasteiger partial charge in [0.05, 0.1) is 0 Å². The fourth-order valence-corrected chi connectivity index (χ4v) is 2.07. The molecule has 0 aliphatic heterocycles. The molecule has 1 rings (SSSR count). The van der Waals surface area contributed by atoms with E-state index in [9.17, 15) is 4.91 Å². The van der Waals surface area contributed by atoms with Gasteiger partial charge in [-0.2, -0.15) is 4.91 Å². The van der Waals surface area contributed by atoms with Gasteiger partial charge in [0, 0.05) is 9.37 Å². The molecule has 12 heavy (non-hydrogen) atoms. The minimum absolute atomic E-state index is 0.253. The van der Waals surface area contributed by atoms with Crippen molar-refractivity contribution in [1.82, 2.24) is 0 Å². The highest BCUT2D eigenvalue weighted by Gasteiger charge is 2.01. The highest BCUT2D eigenvalue weighted by molar-refractivity contribution is 9.10. The molecule has 0 saturated heterocycles. The average Bonchev–Trinajstić information content (AvgIpc) is 2.08. The number of rotatable bonds is 3. The molecule has 0 amide bonds. The van der Waals surface area contributed by atoms with Crippen LogP contribution in [0.25, 0.3) is 0 Å². The predicted molar refractivity (Wildman–Crippen MR) is 55.4 cm³/mol. The van der Waals surface area contributed by atoms with E-state index in [4.69, 9.17) is 0 Å². The van der Waals surface area contributed by atoms with Gasteiger partial charge in [0.25, 0.3) is 0 Å². The largest absolute Gasteiger partial charge is 0.150 e. The van der Waals surface area contributed by atoms with Crippen LogP contribution >= 0.6 is 27.7 Å². The Balaban J connectivity index is 3.01. The minimum atomic E-state index is 0.253. The van der Waals surface area contributed by atoms with E-state index in [-0.39, 0.29) is 6.54 Å². The van der Waals surface area contributed by atoms with Gasteiger partial charge in [-0.05, 0) is 24.0 Å². The smallest absolute Gasteiger partial charge is 0.107 e. The number of hydrogen-bond donors (Lipinski definition) is 0. The quantitative estimate of drug-likeness (QED) is 0.604. The van der Waals surface area contributed by atoms with Crippen LogP contribution in [0.1, 0.15) is 5.56 Å². The SMILES string of the molecule is CSc1cc(Br)ccc1CN=O. The lowest BCUT2D eigenvalue weighted by Gasteiger charge is -2.02. The van der Waals surface area contributed by atoms with Crippen molar-refractivity contribution in [2.45, 2.75) is 11.4 Å². The summed E-state index contributed by atoms with van der Waals surface area (Å²) in [6.07, 6.45) is 1.98. The second-order valence-corrected chi connectivity index (χ2v) is 4.01. The molecule has 0 aliphatic rings. The Morgan fingerprint density at radius 1 is 1.58 bits per heavy atom. The standard InChI is InChI=1S/C8H8BrNOS/c1-12-8-4-7(9)3-2-6(8)5-10-11/h2-4H,5H2,1H3. The van der Waals surface area contributed by atoms with Crippen LogP contribution in [0.15, 0.2) is 32.7 Å². The molecule has 0 fully saturated rings. The Hall–Kier alpha value is -0.350. The first-order chi connectivity index (χ1) is 5.77. The van der Waals surface area contributed by atoms with Crippen molar-refractivity contribution in [3.05, 3.63) is 33.1 Å². The lowest BCUT2D eigenvalue weighted by atomic mass is 10.2. The summed E-state index contributed by atoms with van der Waals surface area (Å²) < 4.78 is 1.03. The molecule has 0 atom stereocenters. The molecule has 64 valence electrons. The summed E-state index contributed by atoms with van der Waals surface area (Å²) in [6.45, 7) is 0.253. The molecular formula is C8H8BrNOS. The molecule has 4 heteroatoms. The molecular weight excluding hydrogens is 238 g/mol. The Labute approximate surface area is 83.8 Å². The van der Waals surface area contributed by atoms with Crippen molar-refractivity contribution in [2.24, 2.45) is 5.18 Å². The molecule has 0 bridgehead atoms. The topological polar surface area (TPSA) is 29.4 Å². The maximum absolute atomic E-state index is 10.1. The Kier molecular flexibility index (Phi) is 3.75. The molecule has 0 radical (unpaired) electrons. The maximum atomic E-state index is 10.1. The molecule has 2 nitrogen and oxygen atoms in total. The van der Waals surface area contributed by atoms with Gasteiger partial charge in [-0.25, -0.2) is 0 Å². The minimum Gasteiger partial charge on any atom is -0.150 e. The third-order valence-electron chi connectivity index (χ3n) is 1.48. The maximum Gasteiger partial charge on any atom is 0.107 e. The molecule has 0 N–H and O–H groups in total. The van der Waals surface area contributed by atoms with Crippen LogP contribution in [0.5, 0.6) is 0 Å². The van der Waals surface area contributed by atoms with E-state index in [0.29, 0.717) is 0 Å². The van der Waals surface area contributed by atoms with E-state index in [0.717, 1.165) is 14.9 Å². The summed E-state index contributed by atoms with van der Waals surface area (Å²) in [5.41, 5.74) is 0.987. The number of hydrogen-bond acceptors (Lipinski definition) is 3. The van der Waals surface area contributed by atoms with Crippen molar-refractivity contribution in [2.75, 3.05) is 6.26 Å². The van der Waals surface area contributed by atoms with E-state index < -0.39 is 0 Å². The van der Waals surface area contributed by atoms with Gasteiger partial charge in [0.15, 0.2) is 0 Å². The van der Waals surface area contributed by atoms with Crippen LogP contribution in [-0.4, -0.2) is 6.26 Å². The van der Waals surface area contributed by atoms with Gasteiger partial charge in [0.1, 0.15) is 6.54 Å². The molecule has 1 aromatic rings. The summed E-state index contributed by atoms with van der Waals surface area (Å²) in [5.74, 6) is 0. The van der Waals surface area contributed by atoms with E-state index in [1.54, 1.807) is 11.8 Å². The summed E-state index contributed by atoms with van der Waals surface area (Å²) in [5, 5.41) is 2.87. The van der Waals surface area contributed by atoms with Crippen molar-refractivity contribution < 1.29 is 0 Å². The molecule has 0 spiro atoms. The van der Waals surface area contributed by atoms with Gasteiger partial charge < -0.3 is 0 Å². The van der Waals surface area contributed by atoms with Gasteiger partial charge in [-0.3, -0.25) is 0 Å². The molecule has 0 heterocycles. The zero-order valence-electron chi connectivity index (χ0n) is 6.58.